The summed E-state index contributed by atoms with van der Waals surface area (Å²) in [5.41, 5.74) is 3.28. The van der Waals surface area contributed by atoms with E-state index < -0.39 is 10.1 Å². The SMILES string of the molecule is CN1COCCN1c1cc(COS(C)(=O)=O)c2c(n1)c(-c1ccn(C3CCCCO3)n1)nn2C. The van der Waals surface area contributed by atoms with Gasteiger partial charge in [-0.3, -0.25) is 13.9 Å². The molecule has 2 fully saturated rings. The molecule has 12 nitrogen and oxygen atoms in total. The number of aryl methyl sites for hydroxylation is 1. The second-order valence-corrected chi connectivity index (χ2v) is 10.2. The molecular formula is C21H29N7O5S. The van der Waals surface area contributed by atoms with Gasteiger partial charge < -0.3 is 9.47 Å². The van der Waals surface area contributed by atoms with Gasteiger partial charge in [0.05, 0.1) is 31.5 Å². The van der Waals surface area contributed by atoms with Gasteiger partial charge in [0.2, 0.25) is 0 Å². The van der Waals surface area contributed by atoms with Crippen molar-refractivity contribution >= 4 is 27.0 Å². The average molecular weight is 492 g/mol. The minimum absolute atomic E-state index is 0.0817. The van der Waals surface area contributed by atoms with Crippen LogP contribution in [0.1, 0.15) is 31.1 Å². The summed E-state index contributed by atoms with van der Waals surface area (Å²) in [4.78, 5) is 4.93. The first-order valence-electron chi connectivity index (χ1n) is 11.2. The average Bonchev–Trinajstić information content (AvgIpc) is 3.43. The summed E-state index contributed by atoms with van der Waals surface area (Å²) in [5, 5.41) is 13.4. The maximum Gasteiger partial charge on any atom is 0.264 e. The molecule has 0 N–H and O–H groups in total. The second-order valence-electron chi connectivity index (χ2n) is 8.60. The molecule has 1 unspecified atom stereocenters. The van der Waals surface area contributed by atoms with Crippen LogP contribution in [0.25, 0.3) is 22.4 Å². The van der Waals surface area contributed by atoms with Crippen molar-refractivity contribution in [3.8, 4) is 11.4 Å². The molecule has 34 heavy (non-hydrogen) atoms. The van der Waals surface area contributed by atoms with Crippen LogP contribution in [0.2, 0.25) is 0 Å². The van der Waals surface area contributed by atoms with E-state index in [-0.39, 0.29) is 12.8 Å². The lowest BCUT2D eigenvalue weighted by atomic mass is 10.1. The Hall–Kier alpha value is -2.58. The first kappa shape index (κ1) is 23.2. The van der Waals surface area contributed by atoms with E-state index in [1.165, 1.54) is 0 Å². The molecular weight excluding hydrogens is 462 g/mol. The monoisotopic (exact) mass is 491 g/mol. The molecule has 2 saturated heterocycles. The van der Waals surface area contributed by atoms with Crippen LogP contribution in [0.4, 0.5) is 5.82 Å². The van der Waals surface area contributed by atoms with Gasteiger partial charge in [-0.2, -0.15) is 23.6 Å². The Morgan fingerprint density at radius 3 is 2.79 bits per heavy atom. The molecule has 5 rings (SSSR count). The molecule has 1 atom stereocenters. The Kier molecular flexibility index (Phi) is 6.29. The second kappa shape index (κ2) is 9.23. The largest absolute Gasteiger partial charge is 0.363 e. The van der Waals surface area contributed by atoms with Gasteiger partial charge in [0.15, 0.2) is 0 Å². The van der Waals surface area contributed by atoms with Gasteiger partial charge in [-0.25, -0.2) is 9.67 Å². The van der Waals surface area contributed by atoms with Crippen molar-refractivity contribution in [3.05, 3.63) is 23.9 Å². The number of hydrogen-bond donors (Lipinski definition) is 0. The predicted molar refractivity (Wildman–Crippen MR) is 124 cm³/mol. The Labute approximate surface area is 198 Å². The van der Waals surface area contributed by atoms with E-state index in [1.54, 1.807) is 11.7 Å². The van der Waals surface area contributed by atoms with Gasteiger partial charge in [-0.05, 0) is 31.4 Å². The maximum atomic E-state index is 11.7. The Bertz CT molecular complexity index is 1280. The first-order chi connectivity index (χ1) is 16.3. The molecule has 0 bridgehead atoms. The number of nitrogens with zero attached hydrogens (tertiary/aromatic N) is 7. The molecule has 184 valence electrons. The van der Waals surface area contributed by atoms with Gasteiger partial charge in [0.1, 0.15) is 35.7 Å². The third-order valence-electron chi connectivity index (χ3n) is 5.99. The summed E-state index contributed by atoms with van der Waals surface area (Å²) in [6.45, 7) is 2.21. The van der Waals surface area contributed by atoms with Crippen LogP contribution < -0.4 is 5.01 Å². The minimum Gasteiger partial charge on any atom is -0.363 e. The minimum atomic E-state index is -3.63. The van der Waals surface area contributed by atoms with E-state index in [0.29, 0.717) is 53.7 Å². The van der Waals surface area contributed by atoms with Crippen LogP contribution >= 0.6 is 0 Å². The molecule has 0 aliphatic carbocycles. The van der Waals surface area contributed by atoms with Gasteiger partial charge in [0, 0.05) is 32.5 Å². The van der Waals surface area contributed by atoms with Crippen molar-refractivity contribution in [2.45, 2.75) is 32.1 Å². The molecule has 0 radical (unpaired) electrons. The Morgan fingerprint density at radius 2 is 2.06 bits per heavy atom. The highest BCUT2D eigenvalue weighted by Crippen LogP contribution is 2.32. The van der Waals surface area contributed by atoms with Crippen molar-refractivity contribution in [1.82, 2.24) is 29.6 Å². The van der Waals surface area contributed by atoms with Crippen LogP contribution in [-0.2, 0) is 37.4 Å². The van der Waals surface area contributed by atoms with E-state index in [1.807, 2.05) is 40.1 Å². The van der Waals surface area contributed by atoms with Crippen molar-refractivity contribution in [2.24, 2.45) is 7.05 Å². The molecule has 2 aliphatic heterocycles. The summed E-state index contributed by atoms with van der Waals surface area (Å²) in [6.07, 6.45) is 5.95. The van der Waals surface area contributed by atoms with Crippen LogP contribution in [0.15, 0.2) is 18.3 Å². The number of fused-ring (bicyclic) bond motifs is 1. The van der Waals surface area contributed by atoms with Crippen molar-refractivity contribution in [3.63, 3.8) is 0 Å². The fraction of sp³-hybridized carbons (Fsp3) is 0.571. The van der Waals surface area contributed by atoms with Crippen molar-refractivity contribution in [1.29, 1.82) is 0 Å². The van der Waals surface area contributed by atoms with E-state index in [2.05, 4.69) is 0 Å². The molecule has 0 spiro atoms. The summed E-state index contributed by atoms with van der Waals surface area (Å²) in [7, 11) is 0.0848. The molecule has 0 saturated carbocycles. The first-order valence-corrected chi connectivity index (χ1v) is 13.1. The molecule has 0 amide bonds. The normalized spacial score (nSPS) is 20.3. The number of hydrogen-bond acceptors (Lipinski definition) is 10. The lowest BCUT2D eigenvalue weighted by Crippen LogP contribution is -2.48. The van der Waals surface area contributed by atoms with E-state index >= 15 is 0 Å². The van der Waals surface area contributed by atoms with Crippen molar-refractivity contribution in [2.75, 3.05) is 44.8 Å². The molecule has 5 heterocycles. The van der Waals surface area contributed by atoms with Gasteiger partial charge in [-0.1, -0.05) is 0 Å². The highest BCUT2D eigenvalue weighted by Gasteiger charge is 2.25. The lowest BCUT2D eigenvalue weighted by Gasteiger charge is -2.36. The Balaban J connectivity index is 1.60. The fourth-order valence-electron chi connectivity index (χ4n) is 4.37. The summed E-state index contributed by atoms with van der Waals surface area (Å²) in [6, 6.07) is 3.75. The fourth-order valence-corrected chi connectivity index (χ4v) is 4.71. The smallest absolute Gasteiger partial charge is 0.264 e. The lowest BCUT2D eigenvalue weighted by molar-refractivity contribution is -0.0393. The number of aromatic nitrogens is 5. The number of hydrazine groups is 1. The molecule has 2 aliphatic rings. The molecule has 3 aromatic rings. The van der Waals surface area contributed by atoms with Gasteiger partial charge in [0.25, 0.3) is 10.1 Å². The summed E-state index contributed by atoms with van der Waals surface area (Å²) in [5.74, 6) is 0.662. The Morgan fingerprint density at radius 1 is 1.21 bits per heavy atom. The third-order valence-corrected chi connectivity index (χ3v) is 6.53. The summed E-state index contributed by atoms with van der Waals surface area (Å²) >= 11 is 0. The topological polar surface area (TPSA) is 117 Å². The number of anilines is 1. The highest BCUT2D eigenvalue weighted by molar-refractivity contribution is 7.85. The maximum absolute atomic E-state index is 11.7. The molecule has 3 aromatic heterocycles. The van der Waals surface area contributed by atoms with Crippen LogP contribution in [-0.4, -0.2) is 77.8 Å². The van der Waals surface area contributed by atoms with Gasteiger partial charge in [-0.15, -0.1) is 0 Å². The number of ether oxygens (including phenoxy) is 2. The summed E-state index contributed by atoms with van der Waals surface area (Å²) < 4.78 is 43.5. The zero-order valence-electron chi connectivity index (χ0n) is 19.5. The van der Waals surface area contributed by atoms with Crippen molar-refractivity contribution < 1.29 is 22.1 Å². The highest BCUT2D eigenvalue weighted by atomic mass is 32.2. The van der Waals surface area contributed by atoms with E-state index in [0.717, 1.165) is 32.1 Å². The number of rotatable bonds is 6. The predicted octanol–water partition coefficient (Wildman–Crippen LogP) is 1.65. The zero-order valence-corrected chi connectivity index (χ0v) is 20.4. The van der Waals surface area contributed by atoms with Crippen LogP contribution in [0.5, 0.6) is 0 Å². The van der Waals surface area contributed by atoms with Crippen LogP contribution in [0.3, 0.4) is 0 Å². The van der Waals surface area contributed by atoms with Crippen LogP contribution in [0, 0.1) is 0 Å². The molecule has 13 heteroatoms. The quantitative estimate of drug-likeness (QED) is 0.471. The van der Waals surface area contributed by atoms with E-state index in [4.69, 9.17) is 28.8 Å². The standard InChI is InChI=1S/C21H29N7O5S/c1-25-14-31-11-9-28(25)17-12-15(13-33-34(3,29)30)21-20(22-17)19(24-26(21)2)16-7-8-27(23-16)18-6-4-5-10-32-18/h7-8,12,18H,4-6,9-11,13-14H2,1-3H3. The van der Waals surface area contributed by atoms with Gasteiger partial charge >= 0.3 is 0 Å². The third kappa shape index (κ3) is 4.66. The van der Waals surface area contributed by atoms with E-state index in [9.17, 15) is 8.42 Å². The zero-order chi connectivity index (χ0) is 23.9. The molecule has 0 aromatic carbocycles. The number of pyridine rings is 1.